The first-order chi connectivity index (χ1) is 13.7. The lowest BCUT2D eigenvalue weighted by Gasteiger charge is -2.09. The molecule has 0 atom stereocenters. The second kappa shape index (κ2) is 7.52. The number of methoxy groups -OCH3 is 1. The van der Waals surface area contributed by atoms with Gasteiger partial charge in [0.2, 0.25) is 0 Å². The molecule has 1 amide bonds. The Hall–Kier alpha value is -3.67. The zero-order chi connectivity index (χ0) is 19.5. The van der Waals surface area contributed by atoms with Crippen molar-refractivity contribution in [3.8, 4) is 17.0 Å². The molecule has 0 aliphatic heterocycles. The third kappa shape index (κ3) is 3.44. The number of benzene rings is 2. The van der Waals surface area contributed by atoms with Gasteiger partial charge in [-0.05, 0) is 30.7 Å². The summed E-state index contributed by atoms with van der Waals surface area (Å²) in [5.41, 5.74) is 4.03. The summed E-state index contributed by atoms with van der Waals surface area (Å²) in [5, 5.41) is 7.57. The largest absolute Gasteiger partial charge is 0.497 e. The summed E-state index contributed by atoms with van der Waals surface area (Å²) in [4.78, 5) is 17.5. The molecule has 4 aromatic rings. The molecule has 2 aromatic heterocycles. The number of hydrogen-bond acceptors (Lipinski definition) is 5. The highest BCUT2D eigenvalue weighted by molar-refractivity contribution is 6.06. The smallest absolute Gasteiger partial charge is 0.259 e. The summed E-state index contributed by atoms with van der Waals surface area (Å²) in [5.74, 6) is 0.574. The maximum absolute atomic E-state index is 13.0. The van der Waals surface area contributed by atoms with Crippen molar-refractivity contribution < 1.29 is 14.1 Å². The van der Waals surface area contributed by atoms with Gasteiger partial charge in [0.05, 0.1) is 29.4 Å². The monoisotopic (exact) mass is 373 g/mol. The Morgan fingerprint density at radius 3 is 2.57 bits per heavy atom. The topological polar surface area (TPSA) is 77.2 Å². The predicted molar refractivity (Wildman–Crippen MR) is 106 cm³/mol. The maximum Gasteiger partial charge on any atom is 0.259 e. The average Bonchev–Trinajstić information content (AvgIpc) is 3.13. The molecule has 1 N–H and O–H groups in total. The first-order valence-electron chi connectivity index (χ1n) is 8.89. The number of nitrogens with one attached hydrogen (secondary N) is 1. The van der Waals surface area contributed by atoms with Crippen LogP contribution in [0.25, 0.3) is 22.4 Å². The molecule has 4 rings (SSSR count). The van der Waals surface area contributed by atoms with Crippen LogP contribution in [0.2, 0.25) is 0 Å². The van der Waals surface area contributed by atoms with Crippen LogP contribution in [0, 0.1) is 6.92 Å². The lowest BCUT2D eigenvalue weighted by molar-refractivity contribution is 0.0952. The van der Waals surface area contributed by atoms with Crippen LogP contribution in [0.1, 0.15) is 21.6 Å². The number of rotatable bonds is 5. The average molecular weight is 373 g/mol. The highest BCUT2D eigenvalue weighted by Crippen LogP contribution is 2.27. The van der Waals surface area contributed by atoms with Gasteiger partial charge in [-0.3, -0.25) is 4.79 Å². The van der Waals surface area contributed by atoms with Crippen LogP contribution < -0.4 is 10.1 Å². The first-order valence-corrected chi connectivity index (χ1v) is 8.89. The Morgan fingerprint density at radius 1 is 1.11 bits per heavy atom. The number of ether oxygens (including phenoxy) is 1. The minimum atomic E-state index is -0.202. The molecule has 0 fully saturated rings. The van der Waals surface area contributed by atoms with E-state index in [0.717, 1.165) is 16.9 Å². The molecule has 0 aliphatic carbocycles. The second-order valence-corrected chi connectivity index (χ2v) is 6.40. The Kier molecular flexibility index (Phi) is 4.76. The van der Waals surface area contributed by atoms with Gasteiger partial charge >= 0.3 is 0 Å². The van der Waals surface area contributed by atoms with E-state index in [1.807, 2.05) is 54.6 Å². The maximum atomic E-state index is 13.0. The summed E-state index contributed by atoms with van der Waals surface area (Å²) < 4.78 is 10.5. The van der Waals surface area contributed by atoms with Gasteiger partial charge in [-0.15, -0.1) is 0 Å². The summed E-state index contributed by atoms with van der Waals surface area (Å²) in [7, 11) is 1.62. The molecular weight excluding hydrogens is 354 g/mol. The fourth-order valence-corrected chi connectivity index (χ4v) is 3.05. The molecule has 2 heterocycles. The molecule has 0 radical (unpaired) electrons. The van der Waals surface area contributed by atoms with Gasteiger partial charge in [-0.1, -0.05) is 47.6 Å². The van der Waals surface area contributed by atoms with Crippen molar-refractivity contribution in [2.75, 3.05) is 7.11 Å². The fraction of sp³-hybridized carbons (Fsp3) is 0.136. The van der Waals surface area contributed by atoms with Crippen molar-refractivity contribution in [3.63, 3.8) is 0 Å². The molecular formula is C22H19N3O3. The van der Waals surface area contributed by atoms with Crippen LogP contribution >= 0.6 is 0 Å². The fourth-order valence-electron chi connectivity index (χ4n) is 3.05. The molecule has 6 heteroatoms. The Bertz CT molecular complexity index is 1120. The van der Waals surface area contributed by atoms with Crippen LogP contribution in [0.15, 0.2) is 65.2 Å². The van der Waals surface area contributed by atoms with Gasteiger partial charge in [0.15, 0.2) is 0 Å². The van der Waals surface area contributed by atoms with Gasteiger partial charge in [0.1, 0.15) is 5.75 Å². The molecule has 0 bridgehead atoms. The number of carbonyl (C=O) groups is 1. The van der Waals surface area contributed by atoms with E-state index in [0.29, 0.717) is 34.6 Å². The lowest BCUT2D eigenvalue weighted by atomic mass is 10.0. The molecule has 6 nitrogen and oxygen atoms in total. The number of pyridine rings is 1. The van der Waals surface area contributed by atoms with Crippen LogP contribution in [-0.2, 0) is 6.54 Å². The number of nitrogens with zero attached hydrogens (tertiary/aromatic N) is 2. The van der Waals surface area contributed by atoms with E-state index >= 15 is 0 Å². The molecule has 0 unspecified atom stereocenters. The highest BCUT2D eigenvalue weighted by atomic mass is 16.5. The lowest BCUT2D eigenvalue weighted by Crippen LogP contribution is -2.23. The zero-order valence-electron chi connectivity index (χ0n) is 15.6. The number of hydrogen-bond donors (Lipinski definition) is 1. The van der Waals surface area contributed by atoms with Gasteiger partial charge in [-0.2, -0.15) is 0 Å². The Balaban J connectivity index is 1.65. The Morgan fingerprint density at radius 2 is 1.86 bits per heavy atom. The molecule has 0 spiro atoms. The predicted octanol–water partition coefficient (Wildman–Crippen LogP) is 4.14. The van der Waals surface area contributed by atoms with E-state index < -0.39 is 0 Å². The summed E-state index contributed by atoms with van der Waals surface area (Å²) in [6.45, 7) is 2.20. The standard InChI is InChI=1S/C22H19N3O3/c1-14-20-18(21(26)23-13-15-8-10-17(27-2)11-9-15)12-19(24-22(20)28-25-14)16-6-4-3-5-7-16/h3-12H,13H2,1-2H3,(H,23,26). The summed E-state index contributed by atoms with van der Waals surface area (Å²) in [6, 6.07) is 19.0. The molecule has 28 heavy (non-hydrogen) atoms. The van der Waals surface area contributed by atoms with Gasteiger partial charge in [0.25, 0.3) is 11.6 Å². The molecule has 2 aromatic carbocycles. The van der Waals surface area contributed by atoms with Crippen LogP contribution in [0.5, 0.6) is 5.75 Å². The quantitative estimate of drug-likeness (QED) is 0.569. The van der Waals surface area contributed by atoms with Crippen LogP contribution in [-0.4, -0.2) is 23.2 Å². The zero-order valence-corrected chi connectivity index (χ0v) is 15.6. The highest BCUT2D eigenvalue weighted by Gasteiger charge is 2.19. The second-order valence-electron chi connectivity index (χ2n) is 6.40. The molecule has 0 aliphatic rings. The molecule has 140 valence electrons. The van der Waals surface area contributed by atoms with Crippen molar-refractivity contribution in [2.45, 2.75) is 13.5 Å². The van der Waals surface area contributed by atoms with Crippen molar-refractivity contribution in [1.29, 1.82) is 0 Å². The van der Waals surface area contributed by atoms with Crippen molar-refractivity contribution >= 4 is 17.0 Å². The van der Waals surface area contributed by atoms with E-state index in [4.69, 9.17) is 9.26 Å². The molecule has 0 saturated carbocycles. The summed E-state index contributed by atoms with van der Waals surface area (Å²) in [6.07, 6.45) is 0. The SMILES string of the molecule is COc1ccc(CNC(=O)c2cc(-c3ccccc3)nc3onc(C)c23)cc1. The van der Waals surface area contributed by atoms with E-state index in [1.54, 1.807) is 20.1 Å². The molecule has 0 saturated heterocycles. The van der Waals surface area contributed by atoms with Crippen molar-refractivity contribution in [3.05, 3.63) is 77.5 Å². The van der Waals surface area contributed by atoms with Gasteiger partial charge in [0, 0.05) is 12.1 Å². The number of fused-ring (bicyclic) bond motifs is 1. The van der Waals surface area contributed by atoms with Crippen LogP contribution in [0.4, 0.5) is 0 Å². The van der Waals surface area contributed by atoms with E-state index in [2.05, 4.69) is 15.5 Å². The third-order valence-corrected chi connectivity index (χ3v) is 4.54. The number of carbonyl (C=O) groups excluding carboxylic acids is 1. The van der Waals surface area contributed by atoms with Gasteiger partial charge in [-0.25, -0.2) is 4.98 Å². The van der Waals surface area contributed by atoms with Crippen molar-refractivity contribution in [2.24, 2.45) is 0 Å². The van der Waals surface area contributed by atoms with Gasteiger partial charge < -0.3 is 14.6 Å². The first kappa shape index (κ1) is 17.7. The normalized spacial score (nSPS) is 10.8. The minimum absolute atomic E-state index is 0.202. The van der Waals surface area contributed by atoms with Crippen LogP contribution in [0.3, 0.4) is 0 Å². The number of aromatic nitrogens is 2. The van der Waals surface area contributed by atoms with E-state index in [-0.39, 0.29) is 5.91 Å². The Labute approximate surface area is 162 Å². The number of amides is 1. The minimum Gasteiger partial charge on any atom is -0.497 e. The third-order valence-electron chi connectivity index (χ3n) is 4.54. The number of aryl methyl sites for hydroxylation is 1. The van der Waals surface area contributed by atoms with E-state index in [1.165, 1.54) is 0 Å². The summed E-state index contributed by atoms with van der Waals surface area (Å²) >= 11 is 0. The van der Waals surface area contributed by atoms with Crippen molar-refractivity contribution in [1.82, 2.24) is 15.5 Å². The van der Waals surface area contributed by atoms with E-state index in [9.17, 15) is 4.79 Å².